The van der Waals surface area contributed by atoms with Gasteiger partial charge in [-0.25, -0.2) is 0 Å². The van der Waals surface area contributed by atoms with Crippen LogP contribution in [0.4, 0.5) is 0 Å². The molecule has 1 N–H and O–H groups in total. The number of ether oxygens (including phenoxy) is 2. The van der Waals surface area contributed by atoms with Gasteiger partial charge in [0.05, 0.1) is 38.2 Å². The summed E-state index contributed by atoms with van der Waals surface area (Å²) in [5, 5.41) is 25.9. The second-order valence-corrected chi connectivity index (χ2v) is 2.89. The first-order chi connectivity index (χ1) is 6.62. The third kappa shape index (κ3) is 7.51. The summed E-state index contributed by atoms with van der Waals surface area (Å²) in [6.07, 6.45) is 0.516. The average Bonchev–Trinajstić information content (AvgIpc) is 2.13. The van der Waals surface area contributed by atoms with Crippen LogP contribution in [-0.2, 0) is 9.47 Å². The molecule has 0 saturated heterocycles. The van der Waals surface area contributed by atoms with Crippen LogP contribution < -0.4 is 0 Å². The Hall–Kier alpha value is -1.14. The molecule has 1 atom stereocenters. The van der Waals surface area contributed by atoms with Gasteiger partial charge in [0.2, 0.25) is 0 Å². The van der Waals surface area contributed by atoms with Crippen molar-refractivity contribution in [3.8, 4) is 12.1 Å². The van der Waals surface area contributed by atoms with E-state index in [9.17, 15) is 5.11 Å². The van der Waals surface area contributed by atoms with Crippen LogP contribution in [0.1, 0.15) is 19.8 Å². The van der Waals surface area contributed by atoms with Crippen molar-refractivity contribution in [3.05, 3.63) is 0 Å². The summed E-state index contributed by atoms with van der Waals surface area (Å²) in [6.45, 7) is 1.90. The summed E-state index contributed by atoms with van der Waals surface area (Å²) < 4.78 is 9.96. The maximum atomic E-state index is 9.50. The first kappa shape index (κ1) is 12.9. The third-order valence-corrected chi connectivity index (χ3v) is 1.35. The highest BCUT2D eigenvalue weighted by molar-refractivity contribution is 4.70. The van der Waals surface area contributed by atoms with Crippen molar-refractivity contribution >= 4 is 0 Å². The van der Waals surface area contributed by atoms with Crippen LogP contribution in [0.15, 0.2) is 0 Å². The fourth-order valence-corrected chi connectivity index (χ4v) is 0.738. The number of rotatable bonds is 7. The molecule has 0 aromatic carbocycles. The van der Waals surface area contributed by atoms with E-state index in [1.54, 1.807) is 0 Å². The second kappa shape index (κ2) is 7.28. The maximum Gasteiger partial charge on any atom is 0.186 e. The van der Waals surface area contributed by atoms with Crippen molar-refractivity contribution in [2.75, 3.05) is 19.8 Å². The number of nitrogens with zero attached hydrogens (tertiary/aromatic N) is 2. The number of nitriles is 2. The minimum absolute atomic E-state index is 0.000108. The Kier molecular flexibility index (Phi) is 6.69. The molecule has 5 nitrogen and oxygen atoms in total. The largest absolute Gasteiger partial charge is 0.375 e. The summed E-state index contributed by atoms with van der Waals surface area (Å²) >= 11 is 0. The average molecular weight is 198 g/mol. The predicted octanol–water partition coefficient (Wildman–Crippen LogP) is 0.555. The van der Waals surface area contributed by atoms with Gasteiger partial charge in [0.1, 0.15) is 6.61 Å². The fourth-order valence-electron chi connectivity index (χ4n) is 0.738. The van der Waals surface area contributed by atoms with Crippen molar-refractivity contribution in [2.24, 2.45) is 0 Å². The van der Waals surface area contributed by atoms with Crippen LogP contribution in [0.5, 0.6) is 0 Å². The number of hydrogen-bond acceptors (Lipinski definition) is 5. The Morgan fingerprint density at radius 2 is 1.79 bits per heavy atom. The standard InChI is InChI=1S/C9H14N2O3/c1-9(12,14-7-3-5-11)8-13-6-2-4-10/h12H,2-3,6-8H2,1H3. The van der Waals surface area contributed by atoms with Gasteiger partial charge < -0.3 is 14.6 Å². The lowest BCUT2D eigenvalue weighted by atomic mass is 10.3. The van der Waals surface area contributed by atoms with E-state index in [1.165, 1.54) is 6.92 Å². The Labute approximate surface area is 83.5 Å². The Morgan fingerprint density at radius 3 is 2.36 bits per heavy atom. The molecule has 0 amide bonds. The van der Waals surface area contributed by atoms with E-state index in [2.05, 4.69) is 0 Å². The van der Waals surface area contributed by atoms with E-state index in [4.69, 9.17) is 20.0 Å². The van der Waals surface area contributed by atoms with E-state index in [1.807, 2.05) is 12.1 Å². The lowest BCUT2D eigenvalue weighted by molar-refractivity contribution is -0.218. The van der Waals surface area contributed by atoms with Crippen LogP contribution in [0.2, 0.25) is 0 Å². The molecule has 0 aliphatic rings. The van der Waals surface area contributed by atoms with Crippen molar-refractivity contribution in [1.29, 1.82) is 10.5 Å². The van der Waals surface area contributed by atoms with Crippen molar-refractivity contribution in [1.82, 2.24) is 0 Å². The molecule has 0 spiro atoms. The Balaban J connectivity index is 3.52. The number of hydrogen-bond donors (Lipinski definition) is 1. The summed E-state index contributed by atoms with van der Waals surface area (Å²) in [4.78, 5) is 0. The monoisotopic (exact) mass is 198 g/mol. The summed E-state index contributed by atoms with van der Waals surface area (Å²) in [5.41, 5.74) is 0. The molecular weight excluding hydrogens is 184 g/mol. The van der Waals surface area contributed by atoms with Crippen molar-refractivity contribution in [2.45, 2.75) is 25.6 Å². The zero-order valence-electron chi connectivity index (χ0n) is 8.19. The van der Waals surface area contributed by atoms with Gasteiger partial charge in [-0.1, -0.05) is 0 Å². The molecule has 78 valence electrons. The zero-order chi connectivity index (χ0) is 10.9. The molecule has 0 fully saturated rings. The van der Waals surface area contributed by atoms with Gasteiger partial charge in [-0.05, 0) is 6.92 Å². The molecule has 0 heterocycles. The topological polar surface area (TPSA) is 86.3 Å². The molecule has 0 aromatic heterocycles. The van der Waals surface area contributed by atoms with Gasteiger partial charge in [-0.15, -0.1) is 0 Å². The highest BCUT2D eigenvalue weighted by Crippen LogP contribution is 2.06. The lowest BCUT2D eigenvalue weighted by Crippen LogP contribution is -2.34. The van der Waals surface area contributed by atoms with Gasteiger partial charge in [0.15, 0.2) is 5.79 Å². The molecule has 5 heteroatoms. The molecule has 0 saturated carbocycles. The van der Waals surface area contributed by atoms with Crippen molar-refractivity contribution < 1.29 is 14.6 Å². The molecule has 0 rings (SSSR count). The van der Waals surface area contributed by atoms with Crippen LogP contribution in [0, 0.1) is 22.7 Å². The van der Waals surface area contributed by atoms with Crippen LogP contribution in [0.3, 0.4) is 0 Å². The van der Waals surface area contributed by atoms with Gasteiger partial charge in [0, 0.05) is 0 Å². The first-order valence-corrected chi connectivity index (χ1v) is 4.30. The van der Waals surface area contributed by atoms with E-state index in [-0.39, 0.29) is 32.7 Å². The van der Waals surface area contributed by atoms with E-state index >= 15 is 0 Å². The van der Waals surface area contributed by atoms with Crippen LogP contribution >= 0.6 is 0 Å². The SMILES string of the molecule is CC(O)(COCCC#N)OCCC#N. The Bertz CT molecular complexity index is 227. The predicted molar refractivity (Wildman–Crippen MR) is 47.9 cm³/mol. The Morgan fingerprint density at radius 1 is 1.21 bits per heavy atom. The number of aliphatic hydroxyl groups is 1. The quantitative estimate of drug-likeness (QED) is 0.477. The van der Waals surface area contributed by atoms with E-state index < -0.39 is 5.79 Å². The smallest absolute Gasteiger partial charge is 0.186 e. The van der Waals surface area contributed by atoms with E-state index in [0.717, 1.165) is 0 Å². The maximum absolute atomic E-state index is 9.50. The first-order valence-electron chi connectivity index (χ1n) is 4.30. The summed E-state index contributed by atoms with van der Waals surface area (Å²) in [6, 6.07) is 3.81. The fraction of sp³-hybridized carbons (Fsp3) is 0.778. The van der Waals surface area contributed by atoms with Gasteiger partial charge in [-0.3, -0.25) is 0 Å². The lowest BCUT2D eigenvalue weighted by Gasteiger charge is -2.22. The minimum Gasteiger partial charge on any atom is -0.375 e. The van der Waals surface area contributed by atoms with Crippen LogP contribution in [0.25, 0.3) is 0 Å². The minimum atomic E-state index is -1.38. The molecule has 0 aliphatic heterocycles. The molecule has 0 aliphatic carbocycles. The van der Waals surface area contributed by atoms with Gasteiger partial charge in [-0.2, -0.15) is 10.5 Å². The van der Waals surface area contributed by atoms with E-state index in [0.29, 0.717) is 0 Å². The molecule has 0 radical (unpaired) electrons. The van der Waals surface area contributed by atoms with Gasteiger partial charge in [0.25, 0.3) is 0 Å². The molecule has 14 heavy (non-hydrogen) atoms. The highest BCUT2D eigenvalue weighted by Gasteiger charge is 2.20. The molecule has 1 unspecified atom stereocenters. The zero-order valence-corrected chi connectivity index (χ0v) is 8.19. The van der Waals surface area contributed by atoms with Crippen molar-refractivity contribution in [3.63, 3.8) is 0 Å². The summed E-state index contributed by atoms with van der Waals surface area (Å²) in [7, 11) is 0. The summed E-state index contributed by atoms with van der Waals surface area (Å²) in [5.74, 6) is -1.38. The highest BCUT2D eigenvalue weighted by atomic mass is 16.6. The van der Waals surface area contributed by atoms with Gasteiger partial charge >= 0.3 is 0 Å². The normalized spacial score (nSPS) is 14.0. The third-order valence-electron chi connectivity index (χ3n) is 1.35. The molecule has 0 bridgehead atoms. The second-order valence-electron chi connectivity index (χ2n) is 2.89. The molecular formula is C9H14N2O3. The molecule has 0 aromatic rings. The van der Waals surface area contributed by atoms with Crippen LogP contribution in [-0.4, -0.2) is 30.7 Å².